The molecule has 0 saturated carbocycles. The van der Waals surface area contributed by atoms with E-state index in [0.717, 1.165) is 74.1 Å². The molecular weight excluding hydrogens is 390 g/mol. The summed E-state index contributed by atoms with van der Waals surface area (Å²) < 4.78 is 7.13. The Hall–Kier alpha value is -2.32. The molecule has 0 unspecified atom stereocenters. The molecule has 8 nitrogen and oxygen atoms in total. The number of piperazine rings is 1. The number of halogens is 1. The summed E-state index contributed by atoms with van der Waals surface area (Å²) in [6.45, 7) is 7.51. The lowest BCUT2D eigenvalue weighted by Gasteiger charge is -2.38. The van der Waals surface area contributed by atoms with Crippen LogP contribution in [0.15, 0.2) is 29.3 Å². The molecule has 1 aromatic carbocycles. The SMILES string of the molecule is COCCCNC(=NCc1nnc(C)n1C)N1CCN(c2ccccc2Cl)CC1. The zero-order chi connectivity index (χ0) is 20.6. The number of nitrogens with one attached hydrogen (secondary N) is 1. The van der Waals surface area contributed by atoms with Gasteiger partial charge in [0.15, 0.2) is 11.8 Å². The van der Waals surface area contributed by atoms with Gasteiger partial charge >= 0.3 is 0 Å². The summed E-state index contributed by atoms with van der Waals surface area (Å²) in [5.74, 6) is 2.65. The second kappa shape index (κ2) is 10.5. The fourth-order valence-corrected chi connectivity index (χ4v) is 3.54. The molecule has 9 heteroatoms. The fraction of sp³-hybridized carbons (Fsp3) is 0.550. The maximum Gasteiger partial charge on any atom is 0.194 e. The van der Waals surface area contributed by atoms with Crippen LogP contribution >= 0.6 is 11.6 Å². The molecule has 0 atom stereocenters. The number of hydrogen-bond acceptors (Lipinski definition) is 5. The van der Waals surface area contributed by atoms with Gasteiger partial charge in [-0.3, -0.25) is 0 Å². The number of aryl methyl sites for hydroxylation is 1. The van der Waals surface area contributed by atoms with E-state index in [0.29, 0.717) is 6.54 Å². The highest BCUT2D eigenvalue weighted by molar-refractivity contribution is 6.33. The van der Waals surface area contributed by atoms with E-state index in [4.69, 9.17) is 21.3 Å². The number of para-hydroxylation sites is 1. The first-order valence-electron chi connectivity index (χ1n) is 9.96. The molecule has 1 N–H and O–H groups in total. The van der Waals surface area contributed by atoms with E-state index in [-0.39, 0.29) is 0 Å². The largest absolute Gasteiger partial charge is 0.385 e. The van der Waals surface area contributed by atoms with E-state index in [1.807, 2.05) is 36.7 Å². The summed E-state index contributed by atoms with van der Waals surface area (Å²) in [7, 11) is 3.69. The van der Waals surface area contributed by atoms with Gasteiger partial charge in [0.05, 0.1) is 10.7 Å². The first-order chi connectivity index (χ1) is 14.1. The number of aromatic nitrogens is 3. The third kappa shape index (κ3) is 5.61. The molecule has 0 aliphatic carbocycles. The van der Waals surface area contributed by atoms with Crippen molar-refractivity contribution in [3.05, 3.63) is 40.9 Å². The van der Waals surface area contributed by atoms with Gasteiger partial charge < -0.3 is 24.4 Å². The van der Waals surface area contributed by atoms with Gasteiger partial charge in [-0.2, -0.15) is 0 Å². The number of methoxy groups -OCH3 is 1. The van der Waals surface area contributed by atoms with Gasteiger partial charge in [0.1, 0.15) is 12.4 Å². The average molecular weight is 420 g/mol. The van der Waals surface area contributed by atoms with Crippen LogP contribution in [-0.4, -0.2) is 72.1 Å². The van der Waals surface area contributed by atoms with Crippen molar-refractivity contribution in [2.45, 2.75) is 19.9 Å². The summed E-state index contributed by atoms with van der Waals surface area (Å²) >= 11 is 6.37. The second-order valence-electron chi connectivity index (χ2n) is 7.06. The van der Waals surface area contributed by atoms with E-state index in [9.17, 15) is 0 Å². The summed E-state index contributed by atoms with van der Waals surface area (Å²) in [6.07, 6.45) is 0.929. The number of rotatable bonds is 7. The minimum Gasteiger partial charge on any atom is -0.385 e. The molecule has 1 fully saturated rings. The molecule has 29 heavy (non-hydrogen) atoms. The molecule has 0 bridgehead atoms. The summed E-state index contributed by atoms with van der Waals surface area (Å²) in [5, 5.41) is 12.6. The number of hydrogen-bond donors (Lipinski definition) is 1. The third-order valence-electron chi connectivity index (χ3n) is 5.13. The van der Waals surface area contributed by atoms with E-state index in [1.54, 1.807) is 7.11 Å². The van der Waals surface area contributed by atoms with Crippen LogP contribution in [0.3, 0.4) is 0 Å². The molecule has 1 aromatic heterocycles. The van der Waals surface area contributed by atoms with Crippen LogP contribution in [-0.2, 0) is 18.3 Å². The van der Waals surface area contributed by atoms with E-state index < -0.39 is 0 Å². The van der Waals surface area contributed by atoms with Crippen molar-refractivity contribution in [3.63, 3.8) is 0 Å². The van der Waals surface area contributed by atoms with Gasteiger partial charge in [0.2, 0.25) is 0 Å². The topological polar surface area (TPSA) is 70.8 Å². The van der Waals surface area contributed by atoms with Crippen LogP contribution in [0.4, 0.5) is 5.69 Å². The Kier molecular flexibility index (Phi) is 7.71. The molecule has 3 rings (SSSR count). The molecule has 2 aromatic rings. The molecule has 1 aliphatic rings. The van der Waals surface area contributed by atoms with Crippen LogP contribution in [0.25, 0.3) is 0 Å². The van der Waals surface area contributed by atoms with Gasteiger partial charge in [-0.25, -0.2) is 4.99 Å². The lowest BCUT2D eigenvalue weighted by Crippen LogP contribution is -2.52. The highest BCUT2D eigenvalue weighted by Crippen LogP contribution is 2.26. The van der Waals surface area contributed by atoms with Crippen molar-refractivity contribution in [1.82, 2.24) is 25.0 Å². The normalized spacial score (nSPS) is 15.1. The van der Waals surface area contributed by atoms with Crippen LogP contribution < -0.4 is 10.2 Å². The average Bonchev–Trinajstić information content (AvgIpc) is 3.06. The first-order valence-corrected chi connectivity index (χ1v) is 10.3. The molecule has 0 amide bonds. The molecule has 2 heterocycles. The van der Waals surface area contributed by atoms with E-state index >= 15 is 0 Å². The Balaban J connectivity index is 1.65. The molecular formula is C20H30ClN7O. The van der Waals surface area contributed by atoms with Crippen LogP contribution in [0.5, 0.6) is 0 Å². The van der Waals surface area contributed by atoms with E-state index in [1.165, 1.54) is 0 Å². The van der Waals surface area contributed by atoms with Crippen LogP contribution in [0.1, 0.15) is 18.1 Å². The maximum atomic E-state index is 6.37. The molecule has 158 valence electrons. The number of ether oxygens (including phenoxy) is 1. The maximum absolute atomic E-state index is 6.37. The van der Waals surface area contributed by atoms with Crippen LogP contribution in [0.2, 0.25) is 5.02 Å². The summed E-state index contributed by atoms with van der Waals surface area (Å²) in [5.41, 5.74) is 1.09. The standard InChI is InChI=1S/C20H30ClN7O/c1-16-24-25-19(26(16)2)15-23-20(22-9-6-14-29-3)28-12-10-27(11-13-28)18-8-5-4-7-17(18)21/h4-5,7-8H,6,9-15H2,1-3H3,(H,22,23). The highest BCUT2D eigenvalue weighted by Gasteiger charge is 2.21. The van der Waals surface area contributed by atoms with Gasteiger partial charge in [-0.15, -0.1) is 10.2 Å². The number of aliphatic imine (C=N–C) groups is 1. The minimum atomic E-state index is 0.495. The molecule has 1 aliphatic heterocycles. The third-order valence-corrected chi connectivity index (χ3v) is 5.45. The fourth-order valence-electron chi connectivity index (χ4n) is 3.29. The molecule has 0 spiro atoms. The monoisotopic (exact) mass is 419 g/mol. The van der Waals surface area contributed by atoms with Gasteiger partial charge in [-0.05, 0) is 25.5 Å². The predicted octanol–water partition coefficient (Wildman–Crippen LogP) is 2.08. The second-order valence-corrected chi connectivity index (χ2v) is 7.47. The number of nitrogens with zero attached hydrogens (tertiary/aromatic N) is 6. The van der Waals surface area contributed by atoms with Crippen molar-refractivity contribution >= 4 is 23.2 Å². The van der Waals surface area contributed by atoms with Gasteiger partial charge in [0.25, 0.3) is 0 Å². The zero-order valence-corrected chi connectivity index (χ0v) is 18.2. The van der Waals surface area contributed by atoms with Gasteiger partial charge in [-0.1, -0.05) is 23.7 Å². The smallest absolute Gasteiger partial charge is 0.194 e. The molecule has 1 saturated heterocycles. The van der Waals surface area contributed by atoms with Crippen molar-refractivity contribution in [2.75, 3.05) is 51.3 Å². The quantitative estimate of drug-likeness (QED) is 0.421. The molecule has 0 radical (unpaired) electrons. The van der Waals surface area contributed by atoms with Crippen LogP contribution in [0, 0.1) is 6.92 Å². The Morgan fingerprint density at radius 1 is 1.21 bits per heavy atom. The zero-order valence-electron chi connectivity index (χ0n) is 17.4. The first kappa shape index (κ1) is 21.4. The van der Waals surface area contributed by atoms with Crippen molar-refractivity contribution in [2.24, 2.45) is 12.0 Å². The lowest BCUT2D eigenvalue weighted by molar-refractivity contribution is 0.195. The lowest BCUT2D eigenvalue weighted by atomic mass is 10.2. The number of anilines is 1. The Bertz CT molecular complexity index is 815. The van der Waals surface area contributed by atoms with E-state index in [2.05, 4.69) is 31.4 Å². The summed E-state index contributed by atoms with van der Waals surface area (Å²) in [6, 6.07) is 8.01. The number of guanidine groups is 1. The number of benzene rings is 1. The van der Waals surface area contributed by atoms with Crippen molar-refractivity contribution < 1.29 is 4.74 Å². The van der Waals surface area contributed by atoms with Crippen molar-refractivity contribution in [1.29, 1.82) is 0 Å². The van der Waals surface area contributed by atoms with Crippen molar-refractivity contribution in [3.8, 4) is 0 Å². The minimum absolute atomic E-state index is 0.495. The Labute approximate surface area is 177 Å². The Morgan fingerprint density at radius 3 is 2.62 bits per heavy atom. The highest BCUT2D eigenvalue weighted by atomic mass is 35.5. The Morgan fingerprint density at radius 2 is 1.97 bits per heavy atom. The summed E-state index contributed by atoms with van der Waals surface area (Å²) in [4.78, 5) is 9.45. The van der Waals surface area contributed by atoms with Gasteiger partial charge in [0, 0.05) is 53.5 Å². The predicted molar refractivity (Wildman–Crippen MR) is 117 cm³/mol.